The number of aromatic nitrogens is 3. The highest BCUT2D eigenvalue weighted by molar-refractivity contribution is 5.87. The number of fused-ring (bicyclic) bond motifs is 1. The maximum Gasteiger partial charge on any atom is 0.227 e. The summed E-state index contributed by atoms with van der Waals surface area (Å²) in [5, 5.41) is 1.08. The summed E-state index contributed by atoms with van der Waals surface area (Å²) in [4.78, 5) is 23.4. The lowest BCUT2D eigenvalue weighted by molar-refractivity contribution is -0.132. The molecular formula is C19H20N4O. The molecule has 0 aliphatic carbocycles. The molecule has 1 aliphatic heterocycles. The molecule has 2 aromatic heterocycles. The number of hydrogen-bond acceptors (Lipinski definition) is 3. The normalized spacial score (nSPS) is 18.0. The van der Waals surface area contributed by atoms with Gasteiger partial charge in [0.15, 0.2) is 0 Å². The van der Waals surface area contributed by atoms with E-state index in [1.54, 1.807) is 12.4 Å². The number of amides is 1. The Kier molecular flexibility index (Phi) is 3.99. The fourth-order valence-electron chi connectivity index (χ4n) is 3.49. The fraction of sp³-hybridized carbons (Fsp3) is 0.316. The predicted molar refractivity (Wildman–Crippen MR) is 92.5 cm³/mol. The number of likely N-dealkylation sites (tertiary alicyclic amines) is 1. The fourth-order valence-corrected chi connectivity index (χ4v) is 3.49. The molecule has 5 heteroatoms. The summed E-state index contributed by atoms with van der Waals surface area (Å²) in [5.41, 5.74) is 1.93. The zero-order valence-electron chi connectivity index (χ0n) is 13.5. The number of rotatable bonds is 3. The van der Waals surface area contributed by atoms with E-state index in [-0.39, 0.29) is 5.91 Å². The zero-order chi connectivity index (χ0) is 16.4. The Morgan fingerprint density at radius 3 is 3.00 bits per heavy atom. The highest BCUT2D eigenvalue weighted by Gasteiger charge is 2.24. The number of benzene rings is 1. The summed E-state index contributed by atoms with van der Waals surface area (Å²) in [5.74, 6) is 0.179. The number of hydrogen-bond donors (Lipinski definition) is 0. The molecule has 0 unspecified atom stereocenters. The monoisotopic (exact) mass is 320 g/mol. The van der Waals surface area contributed by atoms with Crippen molar-refractivity contribution >= 4 is 16.8 Å². The topological polar surface area (TPSA) is 51.0 Å². The van der Waals surface area contributed by atoms with Gasteiger partial charge in [-0.15, -0.1) is 0 Å². The van der Waals surface area contributed by atoms with Gasteiger partial charge >= 0.3 is 0 Å². The second-order valence-electron chi connectivity index (χ2n) is 6.31. The first-order valence-electron chi connectivity index (χ1n) is 8.39. The third-order valence-electron chi connectivity index (χ3n) is 4.75. The number of carbonyl (C=O) groups excluding carboxylic acids is 1. The van der Waals surface area contributed by atoms with Crippen LogP contribution in [-0.2, 0) is 11.2 Å². The molecule has 0 saturated carbocycles. The Morgan fingerprint density at radius 2 is 2.12 bits per heavy atom. The van der Waals surface area contributed by atoms with E-state index >= 15 is 0 Å². The maximum atomic E-state index is 12.8. The summed E-state index contributed by atoms with van der Waals surface area (Å²) in [6.45, 7) is 1.59. The van der Waals surface area contributed by atoms with Gasteiger partial charge in [0.1, 0.15) is 0 Å². The molecule has 0 bridgehead atoms. The first kappa shape index (κ1) is 14.9. The Labute approximate surface area is 140 Å². The Hall–Kier alpha value is -2.69. The van der Waals surface area contributed by atoms with Gasteiger partial charge in [-0.25, -0.2) is 4.98 Å². The van der Waals surface area contributed by atoms with Crippen molar-refractivity contribution in [1.82, 2.24) is 19.4 Å². The molecule has 0 radical (unpaired) electrons. The van der Waals surface area contributed by atoms with Crippen LogP contribution in [0.4, 0.5) is 0 Å². The van der Waals surface area contributed by atoms with E-state index in [0.717, 1.165) is 42.4 Å². The van der Waals surface area contributed by atoms with Crippen molar-refractivity contribution < 1.29 is 4.79 Å². The van der Waals surface area contributed by atoms with Crippen molar-refractivity contribution in [3.8, 4) is 0 Å². The molecule has 1 aromatic carbocycles. The molecule has 3 aromatic rings. The second-order valence-corrected chi connectivity index (χ2v) is 6.31. The molecule has 3 heterocycles. The van der Waals surface area contributed by atoms with E-state index in [0.29, 0.717) is 12.5 Å². The maximum absolute atomic E-state index is 12.8. The van der Waals surface area contributed by atoms with Crippen molar-refractivity contribution in [2.45, 2.75) is 25.3 Å². The van der Waals surface area contributed by atoms with Crippen LogP contribution in [0.25, 0.3) is 10.9 Å². The Morgan fingerprint density at radius 1 is 1.21 bits per heavy atom. The van der Waals surface area contributed by atoms with Crippen molar-refractivity contribution in [1.29, 1.82) is 0 Å². The first-order chi connectivity index (χ1) is 11.8. The van der Waals surface area contributed by atoms with E-state index in [2.05, 4.69) is 14.5 Å². The quantitative estimate of drug-likeness (QED) is 0.745. The lowest BCUT2D eigenvalue weighted by Crippen LogP contribution is -2.41. The van der Waals surface area contributed by atoms with Crippen LogP contribution >= 0.6 is 0 Å². The highest BCUT2D eigenvalue weighted by Crippen LogP contribution is 2.23. The largest absolute Gasteiger partial charge is 0.340 e. The van der Waals surface area contributed by atoms with Crippen molar-refractivity contribution in [2.24, 2.45) is 0 Å². The molecule has 1 fully saturated rings. The van der Waals surface area contributed by atoms with E-state index in [4.69, 9.17) is 0 Å². The summed E-state index contributed by atoms with van der Waals surface area (Å²) < 4.78 is 2.11. The van der Waals surface area contributed by atoms with Crippen LogP contribution in [0.2, 0.25) is 0 Å². The lowest BCUT2D eigenvalue weighted by Gasteiger charge is -2.33. The van der Waals surface area contributed by atoms with Gasteiger partial charge < -0.3 is 9.47 Å². The third-order valence-corrected chi connectivity index (χ3v) is 4.75. The number of imidazole rings is 1. The number of pyridine rings is 1. The van der Waals surface area contributed by atoms with E-state index in [1.165, 1.54) is 0 Å². The molecule has 1 amide bonds. The van der Waals surface area contributed by atoms with Gasteiger partial charge in [0.25, 0.3) is 0 Å². The average Bonchev–Trinajstić information content (AvgIpc) is 3.17. The molecule has 1 atom stereocenters. The molecule has 5 nitrogen and oxygen atoms in total. The smallest absolute Gasteiger partial charge is 0.227 e. The van der Waals surface area contributed by atoms with Gasteiger partial charge in [0.05, 0.1) is 24.3 Å². The minimum Gasteiger partial charge on any atom is -0.340 e. The molecule has 1 aliphatic rings. The van der Waals surface area contributed by atoms with Crippen molar-refractivity contribution in [3.63, 3.8) is 0 Å². The molecule has 0 spiro atoms. The van der Waals surface area contributed by atoms with Gasteiger partial charge in [-0.1, -0.05) is 24.3 Å². The molecule has 1 saturated heterocycles. The van der Waals surface area contributed by atoms with Crippen LogP contribution in [0.15, 0.2) is 55.2 Å². The van der Waals surface area contributed by atoms with Crippen LogP contribution in [0.3, 0.4) is 0 Å². The summed E-state index contributed by atoms with van der Waals surface area (Å²) in [6.07, 6.45) is 9.93. The molecule has 0 N–H and O–H groups in total. The molecule has 4 rings (SSSR count). The van der Waals surface area contributed by atoms with Crippen molar-refractivity contribution in [2.75, 3.05) is 13.1 Å². The van der Waals surface area contributed by atoms with Crippen LogP contribution in [-0.4, -0.2) is 38.4 Å². The minimum atomic E-state index is 0.179. The SMILES string of the molecule is O=C(Cc1cccc2cccnc12)N1CCC[C@@H](n2ccnc2)C1. The lowest BCUT2D eigenvalue weighted by atomic mass is 10.0. The van der Waals surface area contributed by atoms with Crippen molar-refractivity contribution in [3.05, 3.63) is 60.8 Å². The number of nitrogens with zero attached hydrogens (tertiary/aromatic N) is 4. The van der Waals surface area contributed by atoms with Crippen LogP contribution in [0, 0.1) is 0 Å². The highest BCUT2D eigenvalue weighted by atomic mass is 16.2. The summed E-state index contributed by atoms with van der Waals surface area (Å²) in [6, 6.07) is 10.3. The van der Waals surface area contributed by atoms with E-state index in [1.807, 2.05) is 47.8 Å². The summed E-state index contributed by atoms with van der Waals surface area (Å²) in [7, 11) is 0. The minimum absolute atomic E-state index is 0.179. The third kappa shape index (κ3) is 2.89. The average molecular weight is 320 g/mol. The Balaban J connectivity index is 1.51. The summed E-state index contributed by atoms with van der Waals surface area (Å²) >= 11 is 0. The van der Waals surface area contributed by atoms with Crippen LogP contribution in [0.1, 0.15) is 24.4 Å². The second kappa shape index (κ2) is 6.43. The number of para-hydroxylation sites is 1. The van der Waals surface area contributed by atoms with Gasteiger partial charge in [0, 0.05) is 37.1 Å². The molecular weight excluding hydrogens is 300 g/mol. The predicted octanol–water partition coefficient (Wildman–Crippen LogP) is 2.84. The van der Waals surface area contributed by atoms with Gasteiger partial charge in [0.2, 0.25) is 5.91 Å². The van der Waals surface area contributed by atoms with Crippen LogP contribution in [0.5, 0.6) is 0 Å². The zero-order valence-corrected chi connectivity index (χ0v) is 13.5. The molecule has 24 heavy (non-hydrogen) atoms. The van der Waals surface area contributed by atoms with E-state index < -0.39 is 0 Å². The number of carbonyl (C=O) groups is 1. The van der Waals surface area contributed by atoms with E-state index in [9.17, 15) is 4.79 Å². The molecule has 122 valence electrons. The van der Waals surface area contributed by atoms with Crippen LogP contribution < -0.4 is 0 Å². The van der Waals surface area contributed by atoms with Gasteiger partial charge in [-0.2, -0.15) is 0 Å². The standard InChI is InChI=1S/C19H20N4O/c24-18(12-16-5-1-4-15-6-2-8-21-19(15)16)22-10-3-7-17(13-22)23-11-9-20-14-23/h1-2,4-6,8-9,11,14,17H,3,7,10,12-13H2/t17-/m1/s1. The first-order valence-corrected chi connectivity index (χ1v) is 8.39. The van der Waals surface area contributed by atoms with Gasteiger partial charge in [-0.3, -0.25) is 9.78 Å². The number of piperidine rings is 1. The van der Waals surface area contributed by atoms with Gasteiger partial charge in [-0.05, 0) is 24.5 Å². The Bertz CT molecular complexity index is 838.